The van der Waals surface area contributed by atoms with Crippen LogP contribution in [0.3, 0.4) is 0 Å². The maximum atomic E-state index is 11.7. The lowest BCUT2D eigenvalue weighted by molar-refractivity contribution is -0.134. The van der Waals surface area contributed by atoms with Crippen LogP contribution in [0.15, 0.2) is 36.9 Å². The number of rotatable bonds is 11. The summed E-state index contributed by atoms with van der Waals surface area (Å²) in [5, 5.41) is -0.522. The van der Waals surface area contributed by atoms with E-state index in [0.29, 0.717) is 17.7 Å². The van der Waals surface area contributed by atoms with Crippen molar-refractivity contribution in [1.82, 2.24) is 0 Å². The number of carbonyl (C=O) groups is 2. The van der Waals surface area contributed by atoms with Crippen LogP contribution in [-0.2, 0) is 4.79 Å². The van der Waals surface area contributed by atoms with E-state index in [2.05, 4.69) is 6.58 Å². The van der Waals surface area contributed by atoms with Gasteiger partial charge >= 0.3 is 5.97 Å². The second kappa shape index (κ2) is 11.0. The van der Waals surface area contributed by atoms with E-state index in [-0.39, 0.29) is 5.97 Å². The van der Waals surface area contributed by atoms with Gasteiger partial charge < -0.3 is 4.74 Å². The highest BCUT2D eigenvalue weighted by molar-refractivity contribution is 6.67. The summed E-state index contributed by atoms with van der Waals surface area (Å²) >= 11 is 5.35. The zero-order chi connectivity index (χ0) is 16.2. The SMILES string of the molecule is C=CCCCCCCCCC(=O)Oc1ccc(C(=O)Cl)cc1. The lowest BCUT2D eigenvalue weighted by atomic mass is 10.1. The van der Waals surface area contributed by atoms with Gasteiger partial charge in [-0.15, -0.1) is 6.58 Å². The van der Waals surface area contributed by atoms with Crippen LogP contribution in [0.25, 0.3) is 0 Å². The van der Waals surface area contributed by atoms with Crippen molar-refractivity contribution in [2.45, 2.75) is 51.4 Å². The number of benzene rings is 1. The van der Waals surface area contributed by atoms with Gasteiger partial charge in [-0.05, 0) is 55.1 Å². The maximum Gasteiger partial charge on any atom is 0.311 e. The van der Waals surface area contributed by atoms with E-state index in [1.54, 1.807) is 24.3 Å². The molecule has 1 aromatic rings. The second-order valence-electron chi connectivity index (χ2n) is 5.22. The highest BCUT2D eigenvalue weighted by atomic mass is 35.5. The van der Waals surface area contributed by atoms with E-state index < -0.39 is 5.24 Å². The van der Waals surface area contributed by atoms with Crippen LogP contribution >= 0.6 is 11.6 Å². The Bertz CT molecular complexity index is 480. The Morgan fingerprint density at radius 2 is 1.59 bits per heavy atom. The number of allylic oxidation sites excluding steroid dienone is 1. The van der Waals surface area contributed by atoms with E-state index in [1.807, 2.05) is 6.08 Å². The standard InChI is InChI=1S/C18H23ClO3/c1-2-3-4-5-6-7-8-9-10-17(20)22-16-13-11-15(12-14-16)18(19)21/h2,11-14H,1,3-10H2. The Morgan fingerprint density at radius 1 is 1.00 bits per heavy atom. The Kier molecular flexibility index (Phi) is 9.24. The molecule has 0 heterocycles. The molecule has 4 heteroatoms. The summed E-state index contributed by atoms with van der Waals surface area (Å²) in [6, 6.07) is 6.24. The lowest BCUT2D eigenvalue weighted by Crippen LogP contribution is -2.07. The van der Waals surface area contributed by atoms with E-state index in [4.69, 9.17) is 16.3 Å². The van der Waals surface area contributed by atoms with Gasteiger partial charge in [0, 0.05) is 12.0 Å². The van der Waals surface area contributed by atoms with Crippen LogP contribution in [0, 0.1) is 0 Å². The molecule has 0 atom stereocenters. The molecular weight excluding hydrogens is 300 g/mol. The molecule has 120 valence electrons. The van der Waals surface area contributed by atoms with Gasteiger partial charge in [-0.25, -0.2) is 0 Å². The van der Waals surface area contributed by atoms with Crippen molar-refractivity contribution in [2.75, 3.05) is 0 Å². The monoisotopic (exact) mass is 322 g/mol. The summed E-state index contributed by atoms with van der Waals surface area (Å²) in [7, 11) is 0. The minimum atomic E-state index is -0.522. The van der Waals surface area contributed by atoms with Crippen molar-refractivity contribution in [3.8, 4) is 5.75 Å². The molecule has 1 rings (SSSR count). The topological polar surface area (TPSA) is 43.4 Å². The molecule has 0 bridgehead atoms. The van der Waals surface area contributed by atoms with Crippen LogP contribution in [0.1, 0.15) is 61.7 Å². The minimum Gasteiger partial charge on any atom is -0.427 e. The molecule has 0 saturated heterocycles. The Hall–Kier alpha value is -1.61. The van der Waals surface area contributed by atoms with Gasteiger partial charge in [-0.1, -0.05) is 31.8 Å². The van der Waals surface area contributed by atoms with Crippen molar-refractivity contribution in [3.63, 3.8) is 0 Å². The zero-order valence-electron chi connectivity index (χ0n) is 12.9. The first-order valence-corrected chi connectivity index (χ1v) is 8.12. The number of hydrogen-bond donors (Lipinski definition) is 0. The third kappa shape index (κ3) is 7.99. The molecular formula is C18H23ClO3. The molecule has 0 amide bonds. The number of unbranched alkanes of at least 4 members (excludes halogenated alkanes) is 6. The van der Waals surface area contributed by atoms with Gasteiger partial charge in [0.05, 0.1) is 0 Å². The van der Waals surface area contributed by atoms with Crippen LogP contribution in [0.2, 0.25) is 0 Å². The van der Waals surface area contributed by atoms with E-state index >= 15 is 0 Å². The van der Waals surface area contributed by atoms with Gasteiger partial charge in [-0.2, -0.15) is 0 Å². The molecule has 0 radical (unpaired) electrons. The molecule has 22 heavy (non-hydrogen) atoms. The number of halogens is 1. The Balaban J connectivity index is 2.13. The van der Waals surface area contributed by atoms with Crippen molar-refractivity contribution in [1.29, 1.82) is 0 Å². The first kappa shape index (κ1) is 18.4. The molecule has 0 unspecified atom stereocenters. The molecule has 0 spiro atoms. The molecule has 3 nitrogen and oxygen atoms in total. The Labute approximate surface area is 137 Å². The summed E-state index contributed by atoms with van der Waals surface area (Å²) in [5.74, 6) is 0.202. The third-order valence-electron chi connectivity index (χ3n) is 3.35. The third-order valence-corrected chi connectivity index (χ3v) is 3.57. The largest absolute Gasteiger partial charge is 0.427 e. The van der Waals surface area contributed by atoms with E-state index in [9.17, 15) is 9.59 Å². The summed E-state index contributed by atoms with van der Waals surface area (Å²) in [6.45, 7) is 3.70. The predicted octanol–water partition coefficient (Wildman–Crippen LogP) is 5.28. The fourth-order valence-corrected chi connectivity index (χ4v) is 2.23. The molecule has 0 saturated carbocycles. The fraction of sp³-hybridized carbons (Fsp3) is 0.444. The minimum absolute atomic E-state index is 0.239. The smallest absolute Gasteiger partial charge is 0.311 e. The van der Waals surface area contributed by atoms with Crippen LogP contribution in [0.4, 0.5) is 0 Å². The summed E-state index contributed by atoms with van der Waals surface area (Å²) in [5.41, 5.74) is 0.387. The van der Waals surface area contributed by atoms with Crippen molar-refractivity contribution >= 4 is 22.8 Å². The van der Waals surface area contributed by atoms with Gasteiger partial charge in [0.25, 0.3) is 5.24 Å². The highest BCUT2D eigenvalue weighted by Gasteiger charge is 2.06. The number of hydrogen-bond acceptors (Lipinski definition) is 3. The summed E-state index contributed by atoms with van der Waals surface area (Å²) in [4.78, 5) is 22.6. The van der Waals surface area contributed by atoms with Crippen LogP contribution < -0.4 is 4.74 Å². The second-order valence-corrected chi connectivity index (χ2v) is 5.56. The highest BCUT2D eigenvalue weighted by Crippen LogP contribution is 2.15. The molecule has 0 aliphatic rings. The van der Waals surface area contributed by atoms with Gasteiger partial charge in [0.1, 0.15) is 5.75 Å². The normalized spacial score (nSPS) is 10.2. The predicted molar refractivity (Wildman–Crippen MR) is 89.4 cm³/mol. The van der Waals surface area contributed by atoms with Crippen molar-refractivity contribution in [2.24, 2.45) is 0 Å². The first-order chi connectivity index (χ1) is 10.6. The van der Waals surface area contributed by atoms with Gasteiger partial charge in [0.15, 0.2) is 0 Å². The van der Waals surface area contributed by atoms with Gasteiger partial charge in [0.2, 0.25) is 0 Å². The average molecular weight is 323 g/mol. The average Bonchev–Trinajstić information content (AvgIpc) is 2.50. The number of carbonyl (C=O) groups excluding carboxylic acids is 2. The molecule has 0 aromatic heterocycles. The quantitative estimate of drug-likeness (QED) is 0.183. The molecule has 0 aliphatic heterocycles. The van der Waals surface area contributed by atoms with Crippen molar-refractivity contribution < 1.29 is 14.3 Å². The van der Waals surface area contributed by atoms with Crippen LogP contribution in [0.5, 0.6) is 5.75 Å². The fourth-order valence-electron chi connectivity index (χ4n) is 2.10. The zero-order valence-corrected chi connectivity index (χ0v) is 13.6. The maximum absolute atomic E-state index is 11.7. The number of esters is 1. The summed E-state index contributed by atoms with van der Waals surface area (Å²) in [6.07, 6.45) is 10.1. The van der Waals surface area contributed by atoms with Gasteiger partial charge in [-0.3, -0.25) is 9.59 Å². The van der Waals surface area contributed by atoms with Crippen LogP contribution in [-0.4, -0.2) is 11.2 Å². The first-order valence-electron chi connectivity index (χ1n) is 7.75. The molecule has 1 aromatic carbocycles. The Morgan fingerprint density at radius 3 is 2.18 bits per heavy atom. The van der Waals surface area contributed by atoms with E-state index in [1.165, 1.54) is 19.3 Å². The molecule has 0 fully saturated rings. The lowest BCUT2D eigenvalue weighted by Gasteiger charge is -2.05. The van der Waals surface area contributed by atoms with Crippen molar-refractivity contribution in [3.05, 3.63) is 42.5 Å². The summed E-state index contributed by atoms with van der Waals surface area (Å²) < 4.78 is 5.20. The molecule has 0 aliphatic carbocycles. The van der Waals surface area contributed by atoms with E-state index in [0.717, 1.165) is 25.7 Å². The number of ether oxygens (including phenoxy) is 1. The molecule has 0 N–H and O–H groups in total.